The number of nitrogens with one attached hydrogen (secondary N) is 3. The Hall–Kier alpha value is -3.00. The first-order chi connectivity index (χ1) is 13.5. The van der Waals surface area contributed by atoms with Crippen molar-refractivity contribution >= 4 is 22.8 Å². The number of aryl methyl sites for hydroxylation is 1. The molecule has 146 valence electrons. The molecule has 1 aliphatic rings. The number of aromatic amines is 1. The van der Waals surface area contributed by atoms with Crippen molar-refractivity contribution in [1.29, 1.82) is 0 Å². The molecule has 1 saturated heterocycles. The summed E-state index contributed by atoms with van der Waals surface area (Å²) in [5.41, 5.74) is 5.13. The molecule has 28 heavy (non-hydrogen) atoms. The van der Waals surface area contributed by atoms with Crippen molar-refractivity contribution in [3.8, 4) is 0 Å². The first-order valence-electron chi connectivity index (χ1n) is 9.53. The highest BCUT2D eigenvalue weighted by Crippen LogP contribution is 2.24. The molecule has 3 heterocycles. The van der Waals surface area contributed by atoms with Crippen LogP contribution in [0.3, 0.4) is 0 Å². The van der Waals surface area contributed by atoms with Crippen LogP contribution in [0.5, 0.6) is 0 Å². The van der Waals surface area contributed by atoms with Crippen LogP contribution >= 0.6 is 0 Å². The van der Waals surface area contributed by atoms with Gasteiger partial charge in [-0.25, -0.2) is 15.0 Å². The number of imidazole rings is 1. The lowest BCUT2D eigenvalue weighted by atomic mass is 10.2. The molecule has 1 fully saturated rings. The summed E-state index contributed by atoms with van der Waals surface area (Å²) in [6.07, 6.45) is 2.75. The van der Waals surface area contributed by atoms with Gasteiger partial charge in [0.15, 0.2) is 0 Å². The zero-order valence-corrected chi connectivity index (χ0v) is 16.4. The third kappa shape index (κ3) is 3.55. The maximum atomic E-state index is 12.0. The first kappa shape index (κ1) is 18.4. The van der Waals surface area contributed by atoms with Gasteiger partial charge in [0, 0.05) is 44.0 Å². The first-order valence-corrected chi connectivity index (χ1v) is 9.53. The summed E-state index contributed by atoms with van der Waals surface area (Å²) in [7, 11) is 1.59. The molecule has 0 spiro atoms. The summed E-state index contributed by atoms with van der Waals surface area (Å²) < 4.78 is 0. The summed E-state index contributed by atoms with van der Waals surface area (Å²) in [5, 5.41) is 6.24. The van der Waals surface area contributed by atoms with E-state index in [1.807, 2.05) is 19.9 Å². The van der Waals surface area contributed by atoms with Gasteiger partial charge in [0.1, 0.15) is 5.82 Å². The molecule has 8 nitrogen and oxygen atoms in total. The molecule has 0 aliphatic carbocycles. The normalized spacial score (nSPS) is 16.7. The van der Waals surface area contributed by atoms with Crippen LogP contribution in [0.2, 0.25) is 0 Å². The molecule has 3 aromatic rings. The van der Waals surface area contributed by atoms with Gasteiger partial charge in [0.25, 0.3) is 5.91 Å². The van der Waals surface area contributed by atoms with Gasteiger partial charge in [-0.05, 0) is 38.0 Å². The fraction of sp³-hybridized carbons (Fsp3) is 0.400. The van der Waals surface area contributed by atoms with Gasteiger partial charge >= 0.3 is 0 Å². The number of nitrogens with zero attached hydrogens (tertiary/aromatic N) is 4. The minimum Gasteiger partial charge on any atom is -0.355 e. The largest absolute Gasteiger partial charge is 0.355 e. The smallest absolute Gasteiger partial charge is 0.288 e. The molecule has 0 saturated carbocycles. The summed E-state index contributed by atoms with van der Waals surface area (Å²) in [4.78, 5) is 30.5. The van der Waals surface area contributed by atoms with E-state index in [1.165, 1.54) is 5.56 Å². The average molecular weight is 379 g/mol. The van der Waals surface area contributed by atoms with Crippen molar-refractivity contribution in [2.45, 2.75) is 32.9 Å². The third-order valence-electron chi connectivity index (χ3n) is 5.36. The molecule has 0 radical (unpaired) electrons. The van der Waals surface area contributed by atoms with Gasteiger partial charge in [-0.2, -0.15) is 0 Å². The number of carbonyl (C=O) groups excluding carboxylic acids is 1. The van der Waals surface area contributed by atoms with E-state index >= 15 is 0 Å². The van der Waals surface area contributed by atoms with Gasteiger partial charge in [0.2, 0.25) is 5.82 Å². The summed E-state index contributed by atoms with van der Waals surface area (Å²) >= 11 is 0. The van der Waals surface area contributed by atoms with E-state index in [-0.39, 0.29) is 11.7 Å². The summed E-state index contributed by atoms with van der Waals surface area (Å²) in [6, 6.07) is 6.65. The second kappa shape index (κ2) is 7.55. The second-order valence-electron chi connectivity index (χ2n) is 7.23. The highest BCUT2D eigenvalue weighted by atomic mass is 16.2. The Balaban J connectivity index is 1.43. The number of anilines is 1. The predicted molar refractivity (Wildman–Crippen MR) is 108 cm³/mol. The molecule has 1 aromatic carbocycles. The van der Waals surface area contributed by atoms with E-state index in [4.69, 9.17) is 0 Å². The zero-order chi connectivity index (χ0) is 19.7. The summed E-state index contributed by atoms with van der Waals surface area (Å²) in [6.45, 7) is 6.50. The lowest BCUT2D eigenvalue weighted by molar-refractivity contribution is 0.0952. The molecule has 8 heteroatoms. The SMILES string of the molecule is CNC(=O)c1nc(C)c(C)c(N2CC[C@@H](NCc3ccc4nc[nH]c4c3)C2)n1. The highest BCUT2D eigenvalue weighted by molar-refractivity contribution is 5.90. The van der Waals surface area contributed by atoms with Crippen molar-refractivity contribution in [1.82, 2.24) is 30.6 Å². The van der Waals surface area contributed by atoms with Crippen LogP contribution in [0.1, 0.15) is 33.9 Å². The monoisotopic (exact) mass is 379 g/mol. The molecule has 4 rings (SSSR count). The summed E-state index contributed by atoms with van der Waals surface area (Å²) in [5.74, 6) is 0.826. The number of amides is 1. The van der Waals surface area contributed by atoms with Gasteiger partial charge in [-0.15, -0.1) is 0 Å². The number of hydrogen-bond donors (Lipinski definition) is 3. The number of fused-ring (bicyclic) bond motifs is 1. The third-order valence-corrected chi connectivity index (χ3v) is 5.36. The Morgan fingerprint density at radius 3 is 3.00 bits per heavy atom. The molecule has 1 aliphatic heterocycles. The molecule has 0 bridgehead atoms. The van der Waals surface area contributed by atoms with E-state index < -0.39 is 0 Å². The van der Waals surface area contributed by atoms with Gasteiger partial charge in [0.05, 0.1) is 17.4 Å². The van der Waals surface area contributed by atoms with E-state index in [9.17, 15) is 4.79 Å². The van der Waals surface area contributed by atoms with Crippen molar-refractivity contribution in [2.75, 3.05) is 25.0 Å². The van der Waals surface area contributed by atoms with Crippen LogP contribution in [-0.2, 0) is 6.54 Å². The topological polar surface area (TPSA) is 98.8 Å². The van der Waals surface area contributed by atoms with Gasteiger partial charge in [-0.1, -0.05) is 6.07 Å². The fourth-order valence-corrected chi connectivity index (χ4v) is 3.61. The molecular weight excluding hydrogens is 354 g/mol. The van der Waals surface area contributed by atoms with Crippen LogP contribution in [0, 0.1) is 13.8 Å². The number of benzene rings is 1. The number of aromatic nitrogens is 4. The zero-order valence-electron chi connectivity index (χ0n) is 16.4. The Kier molecular flexibility index (Phi) is 4.95. The molecule has 2 aromatic heterocycles. The molecular formula is C20H25N7O. The van der Waals surface area contributed by atoms with Crippen molar-refractivity contribution < 1.29 is 4.79 Å². The second-order valence-corrected chi connectivity index (χ2v) is 7.23. The Morgan fingerprint density at radius 2 is 2.18 bits per heavy atom. The number of carbonyl (C=O) groups is 1. The fourth-order valence-electron chi connectivity index (χ4n) is 3.61. The van der Waals surface area contributed by atoms with Crippen LogP contribution in [0.25, 0.3) is 11.0 Å². The maximum absolute atomic E-state index is 12.0. The average Bonchev–Trinajstić information content (AvgIpc) is 3.36. The Morgan fingerprint density at radius 1 is 1.32 bits per heavy atom. The highest BCUT2D eigenvalue weighted by Gasteiger charge is 2.26. The molecule has 0 unspecified atom stereocenters. The number of rotatable bonds is 5. The standard InChI is InChI=1S/C20H25N7O/c1-12-13(2)25-18(20(28)21-3)26-19(12)27-7-6-15(10-27)22-9-14-4-5-16-17(8-14)24-11-23-16/h4-5,8,11,15,22H,6-7,9-10H2,1-3H3,(H,21,28)(H,23,24)/t15-/m1/s1. The van der Waals surface area contributed by atoms with Crippen LogP contribution < -0.4 is 15.5 Å². The number of H-pyrrole nitrogens is 1. The van der Waals surface area contributed by atoms with E-state index in [1.54, 1.807) is 13.4 Å². The molecule has 1 atom stereocenters. The minimum atomic E-state index is -0.257. The van der Waals surface area contributed by atoms with Gasteiger partial charge < -0.3 is 20.5 Å². The predicted octanol–water partition coefficient (Wildman–Crippen LogP) is 1.70. The molecule has 3 N–H and O–H groups in total. The Labute approximate surface area is 163 Å². The van der Waals surface area contributed by atoms with Crippen LogP contribution in [-0.4, -0.2) is 52.0 Å². The van der Waals surface area contributed by atoms with Crippen LogP contribution in [0.4, 0.5) is 5.82 Å². The van der Waals surface area contributed by atoms with Crippen LogP contribution in [0.15, 0.2) is 24.5 Å². The minimum absolute atomic E-state index is 0.227. The van der Waals surface area contributed by atoms with Crippen molar-refractivity contribution in [2.24, 2.45) is 0 Å². The lowest BCUT2D eigenvalue weighted by Gasteiger charge is -2.21. The van der Waals surface area contributed by atoms with E-state index in [2.05, 4.69) is 47.6 Å². The van der Waals surface area contributed by atoms with Gasteiger partial charge in [-0.3, -0.25) is 4.79 Å². The van der Waals surface area contributed by atoms with E-state index in [0.29, 0.717) is 6.04 Å². The maximum Gasteiger partial charge on any atom is 0.288 e. The quantitative estimate of drug-likeness (QED) is 0.624. The lowest BCUT2D eigenvalue weighted by Crippen LogP contribution is -2.33. The molecule has 1 amide bonds. The van der Waals surface area contributed by atoms with E-state index in [0.717, 1.165) is 54.2 Å². The Bertz CT molecular complexity index is 1010. The number of hydrogen-bond acceptors (Lipinski definition) is 6. The van der Waals surface area contributed by atoms with Crippen molar-refractivity contribution in [3.05, 3.63) is 47.2 Å². The van der Waals surface area contributed by atoms with Crippen molar-refractivity contribution in [3.63, 3.8) is 0 Å².